The number of ether oxygens (including phenoxy) is 1. The standard InChI is InChI=1S/C19H14N2O5/c22-19(11-8-14-6-9-17(10-7-14)21(23)24)25-13-16-12-18(26-20-16)15-4-2-1-3-5-15/h1-12H,13H2/b11-8+. The van der Waals surface area contributed by atoms with Gasteiger partial charge in [0.05, 0.1) is 4.92 Å². The minimum Gasteiger partial charge on any atom is -0.456 e. The largest absolute Gasteiger partial charge is 0.456 e. The third-order valence-corrected chi connectivity index (χ3v) is 3.50. The minimum absolute atomic E-state index is 0.00928. The summed E-state index contributed by atoms with van der Waals surface area (Å²) < 4.78 is 10.3. The molecule has 26 heavy (non-hydrogen) atoms. The number of carbonyl (C=O) groups is 1. The Hall–Kier alpha value is -3.74. The molecule has 3 rings (SSSR count). The average Bonchev–Trinajstić information content (AvgIpc) is 3.15. The predicted octanol–water partition coefficient (Wildman–Crippen LogP) is 4.01. The fourth-order valence-electron chi connectivity index (χ4n) is 2.18. The van der Waals surface area contributed by atoms with Crippen molar-refractivity contribution in [1.29, 1.82) is 0 Å². The first-order valence-corrected chi connectivity index (χ1v) is 7.72. The Balaban J connectivity index is 1.54. The van der Waals surface area contributed by atoms with Gasteiger partial charge in [0.1, 0.15) is 12.3 Å². The highest BCUT2D eigenvalue weighted by atomic mass is 16.6. The Kier molecular flexibility index (Phi) is 5.19. The van der Waals surface area contributed by atoms with E-state index < -0.39 is 10.9 Å². The first-order valence-electron chi connectivity index (χ1n) is 7.72. The Morgan fingerprint density at radius 1 is 1.15 bits per heavy atom. The van der Waals surface area contributed by atoms with Crippen LogP contribution in [-0.4, -0.2) is 16.0 Å². The van der Waals surface area contributed by atoms with E-state index >= 15 is 0 Å². The van der Waals surface area contributed by atoms with Crippen LogP contribution in [-0.2, 0) is 16.1 Å². The van der Waals surface area contributed by atoms with Gasteiger partial charge in [0.15, 0.2) is 5.76 Å². The van der Waals surface area contributed by atoms with Gasteiger partial charge in [-0.2, -0.15) is 0 Å². The normalized spacial score (nSPS) is 10.8. The van der Waals surface area contributed by atoms with Gasteiger partial charge < -0.3 is 9.26 Å². The summed E-state index contributed by atoms with van der Waals surface area (Å²) in [4.78, 5) is 21.9. The summed E-state index contributed by atoms with van der Waals surface area (Å²) in [5, 5.41) is 14.5. The molecule has 0 fully saturated rings. The summed E-state index contributed by atoms with van der Waals surface area (Å²) in [6.45, 7) is -0.0141. The smallest absolute Gasteiger partial charge is 0.331 e. The molecule has 3 aromatic rings. The maximum Gasteiger partial charge on any atom is 0.331 e. The van der Waals surface area contributed by atoms with Gasteiger partial charge in [-0.05, 0) is 23.8 Å². The zero-order valence-corrected chi connectivity index (χ0v) is 13.6. The van der Waals surface area contributed by atoms with E-state index in [4.69, 9.17) is 9.26 Å². The maximum atomic E-state index is 11.8. The van der Waals surface area contributed by atoms with Crippen molar-refractivity contribution in [1.82, 2.24) is 5.16 Å². The monoisotopic (exact) mass is 350 g/mol. The lowest BCUT2D eigenvalue weighted by Gasteiger charge is -1.98. The molecule has 0 aliphatic heterocycles. The van der Waals surface area contributed by atoms with Crippen molar-refractivity contribution >= 4 is 17.7 Å². The summed E-state index contributed by atoms with van der Waals surface area (Å²) in [6, 6.07) is 17.0. The van der Waals surface area contributed by atoms with Crippen molar-refractivity contribution in [2.75, 3.05) is 0 Å². The summed E-state index contributed by atoms with van der Waals surface area (Å²) in [6.07, 6.45) is 2.77. The second-order valence-corrected chi connectivity index (χ2v) is 5.34. The molecule has 0 radical (unpaired) electrons. The molecule has 7 heteroatoms. The van der Waals surface area contributed by atoms with Crippen LogP contribution in [0.3, 0.4) is 0 Å². The number of rotatable bonds is 6. The minimum atomic E-state index is -0.549. The second kappa shape index (κ2) is 7.89. The highest BCUT2D eigenvalue weighted by Gasteiger charge is 2.08. The molecule has 7 nitrogen and oxygen atoms in total. The lowest BCUT2D eigenvalue weighted by Crippen LogP contribution is -2.00. The molecule has 0 atom stereocenters. The van der Waals surface area contributed by atoms with Crippen LogP contribution in [0.15, 0.2) is 71.3 Å². The molecule has 1 heterocycles. The number of hydrogen-bond donors (Lipinski definition) is 0. The van der Waals surface area contributed by atoms with Crippen LogP contribution in [0.5, 0.6) is 0 Å². The van der Waals surface area contributed by atoms with E-state index in [2.05, 4.69) is 5.16 Å². The van der Waals surface area contributed by atoms with Crippen LogP contribution in [0, 0.1) is 10.1 Å². The summed E-state index contributed by atoms with van der Waals surface area (Å²) in [7, 11) is 0. The number of benzene rings is 2. The summed E-state index contributed by atoms with van der Waals surface area (Å²) in [5.74, 6) is 0.0469. The van der Waals surface area contributed by atoms with E-state index in [-0.39, 0.29) is 12.3 Å². The zero-order chi connectivity index (χ0) is 18.4. The van der Waals surface area contributed by atoms with Gasteiger partial charge >= 0.3 is 5.97 Å². The first-order chi connectivity index (χ1) is 12.6. The molecule has 0 saturated carbocycles. The van der Waals surface area contributed by atoms with E-state index in [1.807, 2.05) is 30.3 Å². The molecule has 2 aromatic carbocycles. The number of aromatic nitrogens is 1. The van der Waals surface area contributed by atoms with Crippen molar-refractivity contribution < 1.29 is 19.0 Å². The van der Waals surface area contributed by atoms with Crippen LogP contribution in [0.4, 0.5) is 5.69 Å². The molecule has 0 aliphatic rings. The topological polar surface area (TPSA) is 95.5 Å². The van der Waals surface area contributed by atoms with E-state index in [1.54, 1.807) is 18.2 Å². The number of nitro benzene ring substituents is 1. The van der Waals surface area contributed by atoms with Crippen LogP contribution in [0.1, 0.15) is 11.3 Å². The Labute approximate surface area is 148 Å². The highest BCUT2D eigenvalue weighted by molar-refractivity contribution is 5.87. The molecule has 0 spiro atoms. The highest BCUT2D eigenvalue weighted by Crippen LogP contribution is 2.20. The van der Waals surface area contributed by atoms with Crippen LogP contribution in [0.2, 0.25) is 0 Å². The second-order valence-electron chi connectivity index (χ2n) is 5.34. The molecule has 0 bridgehead atoms. The first kappa shape index (κ1) is 17.1. The van der Waals surface area contributed by atoms with E-state index in [1.165, 1.54) is 24.3 Å². The molecule has 0 amide bonds. The summed E-state index contributed by atoms with van der Waals surface area (Å²) >= 11 is 0. The molecule has 0 N–H and O–H groups in total. The van der Waals surface area contributed by atoms with E-state index in [0.717, 1.165) is 5.56 Å². The number of hydrogen-bond acceptors (Lipinski definition) is 6. The Morgan fingerprint density at radius 2 is 1.88 bits per heavy atom. The van der Waals surface area contributed by atoms with Crippen molar-refractivity contribution in [3.8, 4) is 11.3 Å². The Bertz CT molecular complexity index is 930. The lowest BCUT2D eigenvalue weighted by molar-refractivity contribution is -0.384. The summed E-state index contributed by atoms with van der Waals surface area (Å²) in [5.41, 5.74) is 2.03. The third kappa shape index (κ3) is 4.41. The van der Waals surface area contributed by atoms with Crippen LogP contribution < -0.4 is 0 Å². The third-order valence-electron chi connectivity index (χ3n) is 3.50. The lowest BCUT2D eigenvalue weighted by atomic mass is 10.2. The Morgan fingerprint density at radius 3 is 2.58 bits per heavy atom. The average molecular weight is 350 g/mol. The maximum absolute atomic E-state index is 11.8. The molecule has 0 aliphatic carbocycles. The fraction of sp³-hybridized carbons (Fsp3) is 0.0526. The number of carbonyl (C=O) groups excluding carboxylic acids is 1. The van der Waals surface area contributed by atoms with Crippen molar-refractivity contribution in [3.63, 3.8) is 0 Å². The molecule has 0 unspecified atom stereocenters. The van der Waals surface area contributed by atoms with Crippen molar-refractivity contribution in [2.45, 2.75) is 6.61 Å². The number of non-ortho nitro benzene ring substituents is 1. The molecular weight excluding hydrogens is 336 g/mol. The SMILES string of the molecule is O=C(/C=C/c1ccc([N+](=O)[O-])cc1)OCc1cc(-c2ccccc2)on1. The quantitative estimate of drug-likeness (QED) is 0.288. The molecule has 1 aromatic heterocycles. The van der Waals surface area contributed by atoms with Gasteiger partial charge in [-0.3, -0.25) is 10.1 Å². The molecular formula is C19H14N2O5. The number of esters is 1. The van der Waals surface area contributed by atoms with E-state index in [0.29, 0.717) is 17.0 Å². The van der Waals surface area contributed by atoms with Crippen molar-refractivity contribution in [3.05, 3.63) is 88.1 Å². The van der Waals surface area contributed by atoms with E-state index in [9.17, 15) is 14.9 Å². The van der Waals surface area contributed by atoms with Gasteiger partial charge in [-0.1, -0.05) is 35.5 Å². The fourth-order valence-corrected chi connectivity index (χ4v) is 2.18. The van der Waals surface area contributed by atoms with Gasteiger partial charge in [-0.25, -0.2) is 4.79 Å². The zero-order valence-electron chi connectivity index (χ0n) is 13.6. The molecule has 130 valence electrons. The van der Waals surface area contributed by atoms with Crippen LogP contribution in [0.25, 0.3) is 17.4 Å². The predicted molar refractivity (Wildman–Crippen MR) is 93.9 cm³/mol. The van der Waals surface area contributed by atoms with Gasteiger partial charge in [-0.15, -0.1) is 0 Å². The van der Waals surface area contributed by atoms with Gasteiger partial charge in [0.2, 0.25) is 0 Å². The van der Waals surface area contributed by atoms with Crippen molar-refractivity contribution in [2.24, 2.45) is 0 Å². The van der Waals surface area contributed by atoms with Gasteiger partial charge in [0.25, 0.3) is 5.69 Å². The molecule has 0 saturated heterocycles. The van der Waals surface area contributed by atoms with Gasteiger partial charge in [0, 0.05) is 29.8 Å². The van der Waals surface area contributed by atoms with Crippen LogP contribution >= 0.6 is 0 Å². The number of nitro groups is 1. The number of nitrogens with zero attached hydrogens (tertiary/aromatic N) is 2.